The molecular weight excluding hydrogens is 692 g/mol. The van der Waals surface area contributed by atoms with E-state index in [1.54, 1.807) is 109 Å². The molecule has 0 aliphatic rings. The number of ether oxygens (including phenoxy) is 4. The Kier molecular flexibility index (Phi) is 15.9. The predicted molar refractivity (Wildman–Crippen MR) is 199 cm³/mol. The topological polar surface area (TPSA) is 152 Å². The van der Waals surface area contributed by atoms with Gasteiger partial charge in [0.05, 0.1) is 27.4 Å². The van der Waals surface area contributed by atoms with Crippen molar-refractivity contribution in [2.75, 3.05) is 28.3 Å². The van der Waals surface area contributed by atoms with E-state index in [-0.39, 0.29) is 26.1 Å². The number of rotatable bonds is 19. The molecule has 12 nitrogen and oxygen atoms in total. The van der Waals surface area contributed by atoms with Crippen LogP contribution in [0.2, 0.25) is 0 Å². The van der Waals surface area contributed by atoms with Crippen LogP contribution in [-0.2, 0) is 64.2 Å². The van der Waals surface area contributed by atoms with Gasteiger partial charge in [-0.2, -0.15) is 0 Å². The Morgan fingerprint density at radius 2 is 0.778 bits per heavy atom. The van der Waals surface area contributed by atoms with Crippen LogP contribution in [0.1, 0.15) is 22.3 Å². The van der Waals surface area contributed by atoms with Crippen molar-refractivity contribution in [1.29, 1.82) is 0 Å². The number of hydrogen-bond acceptors (Lipinski definition) is 10. The molecule has 0 aromatic heterocycles. The number of aliphatic hydroxyl groups is 2. The Balaban J connectivity index is 1.69. The normalized spacial score (nSPS) is 14.4. The lowest BCUT2D eigenvalue weighted by atomic mass is 9.98. The lowest BCUT2D eigenvalue weighted by Gasteiger charge is -2.36. The second-order valence-electron chi connectivity index (χ2n) is 12.8. The molecule has 4 aromatic rings. The van der Waals surface area contributed by atoms with Crippen molar-refractivity contribution in [2.24, 2.45) is 0 Å². The van der Waals surface area contributed by atoms with Crippen molar-refractivity contribution in [3.05, 3.63) is 144 Å². The van der Waals surface area contributed by atoms with Crippen LogP contribution in [0.4, 0.5) is 0 Å². The van der Waals surface area contributed by atoms with Crippen LogP contribution >= 0.6 is 0 Å². The van der Waals surface area contributed by atoms with Crippen molar-refractivity contribution in [3.63, 3.8) is 0 Å². The van der Waals surface area contributed by atoms with Gasteiger partial charge in [-0.1, -0.05) is 121 Å². The average Bonchev–Trinajstić information content (AvgIpc) is 3.22. The van der Waals surface area contributed by atoms with Gasteiger partial charge in [-0.3, -0.25) is 9.59 Å². The van der Waals surface area contributed by atoms with E-state index < -0.39 is 60.3 Å². The fourth-order valence-electron chi connectivity index (χ4n) is 5.92. The standard InChI is InChI=1S/C42H48N2O10/c1-43(33(41(49)51-3)25-29-17-9-5-10-18-29)39(47)37(53-27-31-21-13-7-14-22-31)35(45)36(46)38(54-28-32-23-15-8-16-24-32)40(48)44(2)34(42(50)52-4)26-30-19-11-6-12-20-30/h5-24,33-38,45-46H,25-28H2,1-4H3/t33?,34?,35-,36-,37-,38-/m1/s1. The van der Waals surface area contributed by atoms with Gasteiger partial charge >= 0.3 is 11.9 Å². The summed E-state index contributed by atoms with van der Waals surface area (Å²) in [6, 6.07) is 33.5. The summed E-state index contributed by atoms with van der Waals surface area (Å²) in [5.74, 6) is -3.13. The molecule has 4 rings (SSSR count). The SMILES string of the molecule is COC(=O)C(Cc1ccccc1)N(C)C(=O)[C@H](OCc1ccccc1)[C@H](O)[C@@H](O)[C@@H](OCc1ccccc1)C(=O)N(C)C(Cc1ccccc1)C(=O)OC. The molecule has 0 saturated carbocycles. The maximum Gasteiger partial charge on any atom is 0.328 e. The number of esters is 2. The molecule has 0 aliphatic carbocycles. The highest BCUT2D eigenvalue weighted by Crippen LogP contribution is 2.22. The number of methoxy groups -OCH3 is 2. The third-order valence-electron chi connectivity index (χ3n) is 9.12. The number of carbonyl (C=O) groups excluding carboxylic acids is 4. The minimum Gasteiger partial charge on any atom is -0.467 e. The lowest BCUT2D eigenvalue weighted by molar-refractivity contribution is -0.182. The molecule has 286 valence electrons. The number of aliphatic hydroxyl groups excluding tert-OH is 2. The van der Waals surface area contributed by atoms with Gasteiger partial charge in [0.25, 0.3) is 11.8 Å². The molecule has 0 heterocycles. The first kappa shape index (κ1) is 41.4. The van der Waals surface area contributed by atoms with E-state index in [9.17, 15) is 29.4 Å². The first-order chi connectivity index (χ1) is 26.0. The second-order valence-corrected chi connectivity index (χ2v) is 12.8. The van der Waals surface area contributed by atoms with Crippen molar-refractivity contribution in [2.45, 2.75) is 62.6 Å². The molecule has 0 saturated heterocycles. The molecule has 2 amide bonds. The van der Waals surface area contributed by atoms with Gasteiger partial charge in [0.15, 0.2) is 12.2 Å². The summed E-state index contributed by atoms with van der Waals surface area (Å²) in [5, 5.41) is 23.8. The van der Waals surface area contributed by atoms with Gasteiger partial charge in [0, 0.05) is 26.9 Å². The van der Waals surface area contributed by atoms with Gasteiger partial charge in [0.2, 0.25) is 0 Å². The molecule has 0 fully saturated rings. The molecule has 0 radical (unpaired) electrons. The summed E-state index contributed by atoms with van der Waals surface area (Å²) in [6.07, 6.45) is -7.56. The van der Waals surface area contributed by atoms with Gasteiger partial charge in [0.1, 0.15) is 24.3 Å². The number of benzene rings is 4. The Hall–Kier alpha value is -5.40. The van der Waals surface area contributed by atoms with E-state index in [0.29, 0.717) is 11.1 Å². The minimum absolute atomic E-state index is 0.0855. The number of amides is 2. The van der Waals surface area contributed by atoms with Gasteiger partial charge < -0.3 is 39.0 Å². The number of nitrogens with zero attached hydrogens (tertiary/aromatic N) is 2. The maximum atomic E-state index is 14.3. The largest absolute Gasteiger partial charge is 0.467 e. The molecule has 6 atom stereocenters. The fourth-order valence-corrected chi connectivity index (χ4v) is 5.92. The molecule has 4 aromatic carbocycles. The van der Waals surface area contributed by atoms with Crippen molar-refractivity contribution in [3.8, 4) is 0 Å². The minimum atomic E-state index is -2.07. The zero-order valence-corrected chi connectivity index (χ0v) is 30.9. The van der Waals surface area contributed by atoms with E-state index in [2.05, 4.69) is 0 Å². The van der Waals surface area contributed by atoms with Crippen LogP contribution in [0.3, 0.4) is 0 Å². The van der Waals surface area contributed by atoms with Gasteiger partial charge in [-0.05, 0) is 22.3 Å². The molecule has 0 spiro atoms. The number of hydrogen-bond donors (Lipinski definition) is 2. The van der Waals surface area contributed by atoms with Crippen LogP contribution in [0.15, 0.2) is 121 Å². The summed E-state index contributed by atoms with van der Waals surface area (Å²) in [7, 11) is 5.16. The van der Waals surface area contributed by atoms with Crippen LogP contribution in [0.25, 0.3) is 0 Å². The summed E-state index contributed by atoms with van der Waals surface area (Å²) in [5.41, 5.74) is 2.80. The highest BCUT2D eigenvalue weighted by molar-refractivity contribution is 5.89. The molecule has 0 bridgehead atoms. The Labute approximate surface area is 315 Å². The molecule has 12 heteroatoms. The zero-order chi connectivity index (χ0) is 39.0. The van der Waals surface area contributed by atoms with Crippen LogP contribution in [0, 0.1) is 0 Å². The van der Waals surface area contributed by atoms with Crippen molar-refractivity contribution >= 4 is 23.8 Å². The Bertz CT molecular complexity index is 1630. The first-order valence-corrected chi connectivity index (χ1v) is 17.5. The Morgan fingerprint density at radius 3 is 1.06 bits per heavy atom. The lowest BCUT2D eigenvalue weighted by Crippen LogP contribution is -2.59. The highest BCUT2D eigenvalue weighted by atomic mass is 16.5. The molecule has 54 heavy (non-hydrogen) atoms. The quantitative estimate of drug-likeness (QED) is 0.137. The first-order valence-electron chi connectivity index (χ1n) is 17.5. The van der Waals surface area contributed by atoms with Crippen LogP contribution in [0.5, 0.6) is 0 Å². The smallest absolute Gasteiger partial charge is 0.328 e. The Morgan fingerprint density at radius 1 is 0.500 bits per heavy atom. The van der Waals surface area contributed by atoms with E-state index in [0.717, 1.165) is 20.9 Å². The molecule has 2 unspecified atom stereocenters. The summed E-state index contributed by atoms with van der Waals surface area (Å²) >= 11 is 0. The van der Waals surface area contributed by atoms with Crippen molar-refractivity contribution < 1.29 is 48.3 Å². The van der Waals surface area contributed by atoms with E-state index in [4.69, 9.17) is 18.9 Å². The molecule has 0 aliphatic heterocycles. The van der Waals surface area contributed by atoms with E-state index in [1.165, 1.54) is 28.3 Å². The number of likely N-dealkylation sites (N-methyl/N-ethyl adjacent to an activating group) is 2. The van der Waals surface area contributed by atoms with Gasteiger partial charge in [-0.15, -0.1) is 0 Å². The fraction of sp³-hybridized carbons (Fsp3) is 0.333. The van der Waals surface area contributed by atoms with Gasteiger partial charge in [-0.25, -0.2) is 9.59 Å². The second kappa shape index (κ2) is 20.7. The average molecular weight is 741 g/mol. The monoisotopic (exact) mass is 740 g/mol. The predicted octanol–water partition coefficient (Wildman–Crippen LogP) is 3.36. The third kappa shape index (κ3) is 11.3. The van der Waals surface area contributed by atoms with Crippen LogP contribution in [-0.4, -0.2) is 109 Å². The number of carbonyl (C=O) groups is 4. The molecular formula is C42H48N2O10. The van der Waals surface area contributed by atoms with E-state index in [1.807, 2.05) is 12.1 Å². The summed E-state index contributed by atoms with van der Waals surface area (Å²) in [6.45, 7) is -0.331. The maximum absolute atomic E-state index is 14.3. The van der Waals surface area contributed by atoms with E-state index >= 15 is 0 Å². The third-order valence-corrected chi connectivity index (χ3v) is 9.12. The van der Waals surface area contributed by atoms with Crippen LogP contribution < -0.4 is 0 Å². The molecule has 2 N–H and O–H groups in total. The summed E-state index contributed by atoms with van der Waals surface area (Å²) < 4.78 is 22.2. The zero-order valence-electron chi connectivity index (χ0n) is 30.9. The highest BCUT2D eigenvalue weighted by Gasteiger charge is 2.45. The van der Waals surface area contributed by atoms with Crippen molar-refractivity contribution in [1.82, 2.24) is 9.80 Å². The summed E-state index contributed by atoms with van der Waals surface area (Å²) in [4.78, 5) is 57.0.